The molecule has 0 spiro atoms. The maximum Gasteiger partial charge on any atom is 0.160 e. The number of hydrogen-bond donors (Lipinski definition) is 1. The number of anilines is 1. The molecule has 2 heterocycles. The summed E-state index contributed by atoms with van der Waals surface area (Å²) in [5.41, 5.74) is 3.12. The molecule has 4 nitrogen and oxygen atoms in total. The molecule has 2 aromatic rings. The van der Waals surface area contributed by atoms with Crippen LogP contribution in [-0.2, 0) is 0 Å². The van der Waals surface area contributed by atoms with Crippen LogP contribution in [0.5, 0.6) is 0 Å². The van der Waals surface area contributed by atoms with Crippen molar-refractivity contribution in [3.63, 3.8) is 0 Å². The van der Waals surface area contributed by atoms with Gasteiger partial charge in [-0.25, -0.2) is 4.98 Å². The summed E-state index contributed by atoms with van der Waals surface area (Å²) < 4.78 is 1.89. The van der Waals surface area contributed by atoms with E-state index in [0.717, 1.165) is 22.7 Å². The van der Waals surface area contributed by atoms with Crippen LogP contribution in [0.1, 0.15) is 24.1 Å². The first-order valence-corrected chi connectivity index (χ1v) is 5.32. The van der Waals surface area contributed by atoms with Gasteiger partial charge in [0.2, 0.25) is 0 Å². The normalized spacial score (nSPS) is 15.9. The van der Waals surface area contributed by atoms with Crippen molar-refractivity contribution in [2.24, 2.45) is 0 Å². The van der Waals surface area contributed by atoms with Crippen LogP contribution in [0, 0.1) is 13.8 Å². The zero-order valence-corrected chi connectivity index (χ0v) is 8.99. The average Bonchev–Trinajstić information content (AvgIpc) is 2.92. The third-order valence-corrected chi connectivity index (χ3v) is 2.71. The molecule has 0 saturated heterocycles. The van der Waals surface area contributed by atoms with Gasteiger partial charge in [-0.1, -0.05) is 0 Å². The number of rotatable bonds is 2. The molecule has 0 radical (unpaired) electrons. The van der Waals surface area contributed by atoms with Gasteiger partial charge in [0.1, 0.15) is 5.82 Å². The predicted octanol–water partition coefficient (Wildman–Crippen LogP) is 1.92. The Morgan fingerprint density at radius 1 is 1.40 bits per heavy atom. The molecule has 0 aromatic carbocycles. The fourth-order valence-corrected chi connectivity index (χ4v) is 1.73. The fourth-order valence-electron chi connectivity index (χ4n) is 1.73. The van der Waals surface area contributed by atoms with Crippen molar-refractivity contribution in [3.8, 4) is 0 Å². The molecular weight excluding hydrogens is 188 g/mol. The van der Waals surface area contributed by atoms with Crippen molar-refractivity contribution in [1.29, 1.82) is 0 Å². The third kappa shape index (κ3) is 1.46. The zero-order chi connectivity index (χ0) is 10.4. The highest BCUT2D eigenvalue weighted by molar-refractivity contribution is 5.54. The van der Waals surface area contributed by atoms with Crippen LogP contribution in [0.2, 0.25) is 0 Å². The van der Waals surface area contributed by atoms with E-state index in [-0.39, 0.29) is 0 Å². The van der Waals surface area contributed by atoms with Gasteiger partial charge in [0.25, 0.3) is 0 Å². The second kappa shape index (κ2) is 2.95. The van der Waals surface area contributed by atoms with Gasteiger partial charge in [-0.2, -0.15) is 9.61 Å². The molecule has 15 heavy (non-hydrogen) atoms. The Bertz CT molecular complexity index is 511. The van der Waals surface area contributed by atoms with Crippen molar-refractivity contribution >= 4 is 11.5 Å². The Morgan fingerprint density at radius 3 is 2.93 bits per heavy atom. The Morgan fingerprint density at radius 2 is 2.20 bits per heavy atom. The number of hydrogen-bond acceptors (Lipinski definition) is 3. The summed E-state index contributed by atoms with van der Waals surface area (Å²) in [5, 5.41) is 7.81. The lowest BCUT2D eigenvalue weighted by Gasteiger charge is -2.07. The maximum atomic E-state index is 4.48. The molecule has 0 bridgehead atoms. The van der Waals surface area contributed by atoms with Crippen LogP contribution in [0.3, 0.4) is 0 Å². The van der Waals surface area contributed by atoms with Gasteiger partial charge in [0.15, 0.2) is 5.65 Å². The van der Waals surface area contributed by atoms with E-state index in [1.807, 2.05) is 24.6 Å². The Balaban J connectivity index is 2.16. The molecular formula is C11H14N4. The van der Waals surface area contributed by atoms with Gasteiger partial charge in [-0.3, -0.25) is 0 Å². The molecule has 78 valence electrons. The minimum absolute atomic E-state index is 0.638. The lowest BCUT2D eigenvalue weighted by Crippen LogP contribution is -2.08. The van der Waals surface area contributed by atoms with E-state index in [9.17, 15) is 0 Å². The highest BCUT2D eigenvalue weighted by Crippen LogP contribution is 2.25. The molecule has 0 amide bonds. The van der Waals surface area contributed by atoms with Crippen molar-refractivity contribution < 1.29 is 0 Å². The van der Waals surface area contributed by atoms with Gasteiger partial charge >= 0.3 is 0 Å². The van der Waals surface area contributed by atoms with E-state index in [4.69, 9.17) is 0 Å². The minimum atomic E-state index is 0.638. The van der Waals surface area contributed by atoms with Gasteiger partial charge < -0.3 is 5.32 Å². The zero-order valence-electron chi connectivity index (χ0n) is 8.99. The highest BCUT2D eigenvalue weighted by atomic mass is 15.3. The molecule has 1 N–H and O–H groups in total. The first-order valence-electron chi connectivity index (χ1n) is 5.32. The van der Waals surface area contributed by atoms with E-state index in [2.05, 4.69) is 21.5 Å². The van der Waals surface area contributed by atoms with E-state index >= 15 is 0 Å². The summed E-state index contributed by atoms with van der Waals surface area (Å²) in [6.45, 7) is 4.06. The number of aromatic nitrogens is 3. The second-order valence-corrected chi connectivity index (χ2v) is 4.26. The smallest absolute Gasteiger partial charge is 0.160 e. The van der Waals surface area contributed by atoms with E-state index in [0.29, 0.717) is 6.04 Å². The van der Waals surface area contributed by atoms with E-state index < -0.39 is 0 Å². The molecule has 1 saturated carbocycles. The summed E-state index contributed by atoms with van der Waals surface area (Å²) in [6, 6.07) is 2.69. The molecule has 2 aromatic heterocycles. The Kier molecular flexibility index (Phi) is 1.71. The number of fused-ring (bicyclic) bond motifs is 1. The van der Waals surface area contributed by atoms with Gasteiger partial charge in [0.05, 0.1) is 6.20 Å². The lowest BCUT2D eigenvalue weighted by molar-refractivity contribution is 0.916. The van der Waals surface area contributed by atoms with Crippen LogP contribution in [0.25, 0.3) is 5.65 Å². The summed E-state index contributed by atoms with van der Waals surface area (Å²) >= 11 is 0. The average molecular weight is 202 g/mol. The topological polar surface area (TPSA) is 42.2 Å². The molecule has 0 aliphatic heterocycles. The highest BCUT2D eigenvalue weighted by Gasteiger charge is 2.22. The number of nitrogens with zero attached hydrogens (tertiary/aromatic N) is 3. The van der Waals surface area contributed by atoms with Gasteiger partial charge in [0, 0.05) is 23.4 Å². The molecule has 0 unspecified atom stereocenters. The van der Waals surface area contributed by atoms with E-state index in [1.54, 1.807) is 0 Å². The van der Waals surface area contributed by atoms with Crippen LogP contribution >= 0.6 is 0 Å². The molecule has 4 heteroatoms. The third-order valence-electron chi connectivity index (χ3n) is 2.71. The monoisotopic (exact) mass is 202 g/mol. The lowest BCUT2D eigenvalue weighted by atomic mass is 10.3. The molecule has 1 aliphatic rings. The quantitative estimate of drug-likeness (QED) is 0.809. The van der Waals surface area contributed by atoms with Crippen LogP contribution in [0.15, 0.2) is 12.3 Å². The van der Waals surface area contributed by atoms with Gasteiger partial charge in [-0.05, 0) is 26.7 Å². The standard InChI is InChI=1S/C11H14N4/c1-7-6-12-15-10(14-9-3-4-9)5-8(2)13-11(7)15/h5-6,9,14H,3-4H2,1-2H3. The molecule has 1 aliphatic carbocycles. The van der Waals surface area contributed by atoms with E-state index in [1.165, 1.54) is 12.8 Å². The Hall–Kier alpha value is -1.58. The first-order chi connectivity index (χ1) is 7.24. The summed E-state index contributed by atoms with van der Waals surface area (Å²) in [7, 11) is 0. The molecule has 3 rings (SSSR count). The molecule has 1 fully saturated rings. The second-order valence-electron chi connectivity index (χ2n) is 4.26. The van der Waals surface area contributed by atoms with Crippen molar-refractivity contribution in [2.45, 2.75) is 32.7 Å². The SMILES string of the molecule is Cc1cc(NC2CC2)n2ncc(C)c2n1. The van der Waals surface area contributed by atoms with Crippen LogP contribution in [0.4, 0.5) is 5.82 Å². The summed E-state index contributed by atoms with van der Waals surface area (Å²) in [6.07, 6.45) is 4.39. The van der Waals surface area contributed by atoms with Crippen LogP contribution in [-0.4, -0.2) is 20.6 Å². The van der Waals surface area contributed by atoms with Gasteiger partial charge in [-0.15, -0.1) is 0 Å². The summed E-state index contributed by atoms with van der Waals surface area (Å²) in [5.74, 6) is 1.06. The maximum absolute atomic E-state index is 4.48. The van der Waals surface area contributed by atoms with Crippen molar-refractivity contribution in [2.75, 3.05) is 5.32 Å². The number of aryl methyl sites for hydroxylation is 2. The first kappa shape index (κ1) is 8.71. The van der Waals surface area contributed by atoms with Crippen molar-refractivity contribution in [3.05, 3.63) is 23.5 Å². The predicted molar refractivity (Wildman–Crippen MR) is 59.1 cm³/mol. The summed E-state index contributed by atoms with van der Waals surface area (Å²) in [4.78, 5) is 4.48. The fraction of sp³-hybridized carbons (Fsp3) is 0.455. The molecule has 0 atom stereocenters. The number of nitrogens with one attached hydrogen (secondary N) is 1. The van der Waals surface area contributed by atoms with Crippen LogP contribution < -0.4 is 5.32 Å². The minimum Gasteiger partial charge on any atom is -0.367 e. The van der Waals surface area contributed by atoms with Crippen molar-refractivity contribution in [1.82, 2.24) is 14.6 Å². The largest absolute Gasteiger partial charge is 0.367 e. The Labute approximate surface area is 88.3 Å².